The number of likely N-dealkylation sites (N-methyl/N-ethyl adjacent to an activating group) is 3. The monoisotopic (exact) mass is 633 g/mol. The molecule has 8 nitrogen and oxygen atoms in total. The first-order chi connectivity index (χ1) is 21.8. The Morgan fingerprint density at radius 2 is 1.72 bits per heavy atom. The summed E-state index contributed by atoms with van der Waals surface area (Å²) in [5.74, 6) is 0. The third kappa shape index (κ3) is 6.16. The summed E-state index contributed by atoms with van der Waals surface area (Å²) >= 11 is 0. The molecule has 3 heterocycles. The molecule has 3 aliphatic carbocycles. The molecule has 6 aliphatic rings. The van der Waals surface area contributed by atoms with Gasteiger partial charge in [0.2, 0.25) is 0 Å². The van der Waals surface area contributed by atoms with Crippen LogP contribution in [0.5, 0.6) is 0 Å². The van der Waals surface area contributed by atoms with Gasteiger partial charge in [0.25, 0.3) is 0 Å². The van der Waals surface area contributed by atoms with Crippen LogP contribution in [0, 0.1) is 5.41 Å². The number of quaternary nitrogens is 1. The normalized spacial score (nSPS) is 32.9. The molecule has 1 aromatic rings. The molecule has 1 aromatic carbocycles. The fourth-order valence-corrected chi connectivity index (χ4v) is 9.43. The summed E-state index contributed by atoms with van der Waals surface area (Å²) in [4.78, 5) is 17.8. The van der Waals surface area contributed by atoms with Crippen LogP contribution in [0.3, 0.4) is 0 Å². The lowest BCUT2D eigenvalue weighted by molar-refractivity contribution is -0.844. The van der Waals surface area contributed by atoms with Crippen LogP contribution in [0.1, 0.15) is 109 Å². The van der Waals surface area contributed by atoms with E-state index in [1.54, 1.807) is 0 Å². The fraction of sp³-hybridized carbons (Fsp3) is 0.711. The summed E-state index contributed by atoms with van der Waals surface area (Å²) < 4.78 is 6.30. The lowest BCUT2D eigenvalue weighted by atomic mass is 9.51. The molecule has 4 unspecified atom stereocenters. The number of allylic oxidation sites excluding steroid dienone is 1. The van der Waals surface area contributed by atoms with Crippen molar-refractivity contribution >= 4 is 11.8 Å². The molecule has 3 saturated carbocycles. The van der Waals surface area contributed by atoms with Crippen molar-refractivity contribution in [2.75, 3.05) is 34.7 Å². The van der Waals surface area contributed by atoms with Gasteiger partial charge in [-0.05, 0) is 115 Å². The summed E-state index contributed by atoms with van der Waals surface area (Å²) in [6.07, 6.45) is 18.0. The summed E-state index contributed by atoms with van der Waals surface area (Å²) in [6.45, 7) is 9.15. The number of benzene rings is 1. The van der Waals surface area contributed by atoms with Gasteiger partial charge in [0.05, 0.1) is 20.3 Å². The summed E-state index contributed by atoms with van der Waals surface area (Å²) in [5.41, 5.74) is 5.62. The van der Waals surface area contributed by atoms with Crippen LogP contribution in [0.25, 0.3) is 5.70 Å². The molecular formula is C38H61N6O2+. The molecule has 1 saturated heterocycles. The maximum Gasteiger partial charge on any atom is 0.408 e. The van der Waals surface area contributed by atoms with Crippen molar-refractivity contribution in [3.63, 3.8) is 0 Å². The quantitative estimate of drug-likeness (QED) is 0.271. The van der Waals surface area contributed by atoms with E-state index in [-0.39, 0.29) is 18.3 Å². The number of hydrogen-bond acceptors (Lipinski definition) is 6. The number of amides is 1. The van der Waals surface area contributed by atoms with E-state index in [1.807, 2.05) is 20.8 Å². The first-order valence-corrected chi connectivity index (χ1v) is 18.1. The van der Waals surface area contributed by atoms with Crippen molar-refractivity contribution in [2.45, 2.75) is 134 Å². The van der Waals surface area contributed by atoms with Crippen molar-refractivity contribution in [3.8, 4) is 0 Å². The van der Waals surface area contributed by atoms with Gasteiger partial charge < -0.3 is 25.6 Å². The van der Waals surface area contributed by atoms with Crippen LogP contribution in [0.4, 0.5) is 4.79 Å². The molecule has 4 atom stereocenters. The molecule has 3 aliphatic heterocycles. The molecule has 0 aromatic heterocycles. The van der Waals surface area contributed by atoms with Crippen LogP contribution in [-0.4, -0.2) is 85.1 Å². The largest absolute Gasteiger partial charge is 0.444 e. The molecule has 46 heavy (non-hydrogen) atoms. The Morgan fingerprint density at radius 1 is 1.07 bits per heavy atom. The predicted molar refractivity (Wildman–Crippen MR) is 186 cm³/mol. The second-order valence-corrected chi connectivity index (χ2v) is 16.7. The van der Waals surface area contributed by atoms with E-state index < -0.39 is 5.60 Å². The van der Waals surface area contributed by atoms with E-state index in [0.29, 0.717) is 27.5 Å². The van der Waals surface area contributed by atoms with Gasteiger partial charge in [-0.3, -0.25) is 9.38 Å². The maximum absolute atomic E-state index is 12.8. The van der Waals surface area contributed by atoms with Crippen molar-refractivity contribution < 1.29 is 14.0 Å². The highest BCUT2D eigenvalue weighted by Gasteiger charge is 2.53. The number of carbonyl (C=O) groups excluding carboxylic acids is 1. The molecule has 8 heteroatoms. The lowest BCUT2D eigenvalue weighted by Crippen LogP contribution is -2.60. The molecule has 7 rings (SSSR count). The zero-order chi connectivity index (χ0) is 32.9. The van der Waals surface area contributed by atoms with E-state index in [2.05, 4.69) is 97.5 Å². The highest BCUT2D eigenvalue weighted by Crippen LogP contribution is 2.60. The smallest absolute Gasteiger partial charge is 0.408 e. The SMILES string of the molecule is CCCCC(NC(=O)OC(C)(C)C)C1NC=C(c2ccc(C34CCC(C5=CN(C)C(C6CCCN6C)N5)(CC3)CC4)cc2)[N+]1(C)C. The van der Waals surface area contributed by atoms with E-state index in [0.717, 1.165) is 19.3 Å². The van der Waals surface area contributed by atoms with Crippen molar-refractivity contribution in [3.05, 3.63) is 53.5 Å². The highest BCUT2D eigenvalue weighted by molar-refractivity contribution is 5.68. The maximum atomic E-state index is 12.8. The number of ether oxygens (including phenoxy) is 1. The zero-order valence-corrected chi connectivity index (χ0v) is 29.9. The Morgan fingerprint density at radius 3 is 2.30 bits per heavy atom. The number of nitrogens with zero attached hydrogens (tertiary/aromatic N) is 3. The third-order valence-electron chi connectivity index (χ3n) is 12.3. The van der Waals surface area contributed by atoms with E-state index in [1.165, 1.54) is 80.4 Å². The minimum Gasteiger partial charge on any atom is -0.444 e. The van der Waals surface area contributed by atoms with Gasteiger partial charge in [-0.15, -0.1) is 0 Å². The number of unbranched alkanes of at least 4 members (excludes halogenated alkanes) is 1. The standard InChI is InChI=1S/C38H60N6O2/c1-9-10-12-29(40-35(45)46-36(2,3)4)34-39-25-31(44(34,7)8)27-14-16-28(17-15-27)37-18-21-38(22-19-37,23-20-37)32-26-43(6)33(41-32)30-13-11-24-42(30)5/h14-17,25-26,29-30,33-34,39,41H,9-13,18-24H2,1-8H3/p+1. The average Bonchev–Trinajstić information content (AvgIpc) is 3.71. The van der Waals surface area contributed by atoms with Crippen molar-refractivity contribution in [2.24, 2.45) is 5.41 Å². The van der Waals surface area contributed by atoms with Gasteiger partial charge in [0.15, 0.2) is 11.9 Å². The van der Waals surface area contributed by atoms with Gasteiger partial charge in [0.1, 0.15) is 17.8 Å². The summed E-state index contributed by atoms with van der Waals surface area (Å²) in [6, 6.07) is 10.1. The molecular weight excluding hydrogens is 572 g/mol. The molecule has 4 fully saturated rings. The Hall–Kier alpha value is -2.71. The summed E-state index contributed by atoms with van der Waals surface area (Å²) in [5, 5.41) is 10.9. The van der Waals surface area contributed by atoms with Gasteiger partial charge in [0, 0.05) is 36.0 Å². The Bertz CT molecular complexity index is 1300. The van der Waals surface area contributed by atoms with Crippen molar-refractivity contribution in [1.82, 2.24) is 25.8 Å². The van der Waals surface area contributed by atoms with Gasteiger partial charge >= 0.3 is 6.09 Å². The molecule has 3 N–H and O–H groups in total. The average molecular weight is 634 g/mol. The number of carbonyl (C=O) groups is 1. The van der Waals surface area contributed by atoms with Gasteiger partial charge in [-0.25, -0.2) is 4.79 Å². The zero-order valence-electron chi connectivity index (χ0n) is 29.9. The van der Waals surface area contributed by atoms with Crippen molar-refractivity contribution in [1.29, 1.82) is 0 Å². The second kappa shape index (κ2) is 12.4. The Kier molecular flexibility index (Phi) is 8.94. The van der Waals surface area contributed by atoms with Gasteiger partial charge in [-0.1, -0.05) is 31.9 Å². The fourth-order valence-electron chi connectivity index (χ4n) is 9.43. The van der Waals surface area contributed by atoms with Crippen LogP contribution in [0.2, 0.25) is 0 Å². The molecule has 1 amide bonds. The number of fused-ring (bicyclic) bond motifs is 3. The number of nitrogens with one attached hydrogen (secondary N) is 3. The number of likely N-dealkylation sites (tertiary alicyclic amines) is 1. The Balaban J connectivity index is 1.11. The third-order valence-corrected chi connectivity index (χ3v) is 12.3. The Labute approximate surface area is 278 Å². The minimum absolute atomic E-state index is 0.0309. The predicted octanol–water partition coefficient (Wildman–Crippen LogP) is 6.46. The van der Waals surface area contributed by atoms with E-state index >= 15 is 0 Å². The molecule has 0 spiro atoms. The van der Waals surface area contributed by atoms with Crippen LogP contribution >= 0.6 is 0 Å². The van der Waals surface area contributed by atoms with E-state index in [9.17, 15) is 4.79 Å². The first-order valence-electron chi connectivity index (χ1n) is 18.1. The van der Waals surface area contributed by atoms with Crippen LogP contribution < -0.4 is 16.0 Å². The van der Waals surface area contributed by atoms with Crippen LogP contribution in [-0.2, 0) is 10.2 Å². The molecule has 0 radical (unpaired) electrons. The number of rotatable bonds is 9. The summed E-state index contributed by atoms with van der Waals surface area (Å²) in [7, 11) is 9.06. The van der Waals surface area contributed by atoms with Crippen LogP contribution in [0.15, 0.2) is 42.4 Å². The van der Waals surface area contributed by atoms with E-state index in [4.69, 9.17) is 4.74 Å². The number of alkyl carbamates (subject to hydrolysis) is 1. The van der Waals surface area contributed by atoms with Gasteiger partial charge in [-0.2, -0.15) is 0 Å². The lowest BCUT2D eigenvalue weighted by Gasteiger charge is -2.54. The topological polar surface area (TPSA) is 68.9 Å². The minimum atomic E-state index is -0.521. The molecule has 2 bridgehead atoms. The first kappa shape index (κ1) is 33.2. The number of hydrogen-bond donors (Lipinski definition) is 3. The second-order valence-electron chi connectivity index (χ2n) is 16.7. The molecule has 254 valence electrons. The highest BCUT2D eigenvalue weighted by atomic mass is 16.6.